The lowest BCUT2D eigenvalue weighted by Crippen LogP contribution is -2.52. The Kier molecular flexibility index (Phi) is 4.12. The second kappa shape index (κ2) is 6.22. The first-order valence-corrected chi connectivity index (χ1v) is 11.1. The number of aliphatic hydroxyl groups is 1. The fourth-order valence-corrected chi connectivity index (χ4v) is 8.31. The molecular weight excluding hydrogens is 384 g/mol. The van der Waals surface area contributed by atoms with Gasteiger partial charge in [0.15, 0.2) is 0 Å². The molecule has 0 spiro atoms. The van der Waals surface area contributed by atoms with Gasteiger partial charge < -0.3 is 20.4 Å². The number of hydrogen-bond acceptors (Lipinski definition) is 4. The fraction of sp³-hybridized carbons (Fsp3) is 0.667. The third-order valence-electron chi connectivity index (χ3n) is 9.65. The van der Waals surface area contributed by atoms with Gasteiger partial charge in [-0.25, -0.2) is 0 Å². The Hall–Kier alpha value is -2.08. The van der Waals surface area contributed by atoms with Crippen LogP contribution in [0.3, 0.4) is 0 Å². The minimum absolute atomic E-state index is 0.0771. The van der Waals surface area contributed by atoms with Gasteiger partial charge in [-0.05, 0) is 91.4 Å². The summed E-state index contributed by atoms with van der Waals surface area (Å²) < 4.78 is 0. The summed E-state index contributed by atoms with van der Waals surface area (Å²) in [4.78, 5) is 23.2. The Morgan fingerprint density at radius 2 is 1.63 bits per heavy atom. The zero-order chi connectivity index (χ0) is 21.5. The summed E-state index contributed by atoms with van der Waals surface area (Å²) in [5.41, 5.74) is 2.14. The number of aryl methyl sites for hydroxylation is 1. The lowest BCUT2D eigenvalue weighted by molar-refractivity contribution is -0.137. The largest absolute Gasteiger partial charge is 0.508 e. The number of aliphatic carboxylic acids is 2. The van der Waals surface area contributed by atoms with Gasteiger partial charge in [-0.2, -0.15) is 0 Å². The van der Waals surface area contributed by atoms with Crippen molar-refractivity contribution in [1.82, 2.24) is 0 Å². The molecule has 0 unspecified atom stereocenters. The topological polar surface area (TPSA) is 115 Å². The van der Waals surface area contributed by atoms with E-state index in [0.717, 1.165) is 62.5 Å². The van der Waals surface area contributed by atoms with Crippen LogP contribution in [0.2, 0.25) is 0 Å². The Bertz CT molecular complexity index is 942. The molecule has 30 heavy (non-hydrogen) atoms. The van der Waals surface area contributed by atoms with Crippen LogP contribution in [0, 0.1) is 16.7 Å². The van der Waals surface area contributed by atoms with Crippen LogP contribution in [0.1, 0.15) is 80.0 Å². The molecule has 3 fully saturated rings. The van der Waals surface area contributed by atoms with E-state index >= 15 is 0 Å². The first kappa shape index (κ1) is 19.9. The van der Waals surface area contributed by atoms with Gasteiger partial charge in [0.25, 0.3) is 0 Å². The van der Waals surface area contributed by atoms with Crippen LogP contribution in [-0.4, -0.2) is 38.0 Å². The maximum absolute atomic E-state index is 11.7. The van der Waals surface area contributed by atoms with Crippen LogP contribution in [0.15, 0.2) is 6.07 Å². The van der Waals surface area contributed by atoms with E-state index in [1.54, 1.807) is 6.07 Å². The maximum atomic E-state index is 11.7. The van der Waals surface area contributed by atoms with Crippen molar-refractivity contribution in [2.45, 2.75) is 82.7 Å². The van der Waals surface area contributed by atoms with E-state index < -0.39 is 17.5 Å². The molecule has 4 aliphatic rings. The molecule has 3 saturated carbocycles. The summed E-state index contributed by atoms with van der Waals surface area (Å²) in [6.45, 7) is 2.27. The van der Waals surface area contributed by atoms with E-state index in [9.17, 15) is 30.0 Å². The van der Waals surface area contributed by atoms with Gasteiger partial charge >= 0.3 is 11.9 Å². The van der Waals surface area contributed by atoms with Crippen molar-refractivity contribution in [2.24, 2.45) is 16.7 Å². The maximum Gasteiger partial charge on any atom is 0.307 e. The number of carbonyl (C=O) groups is 2. The minimum Gasteiger partial charge on any atom is -0.508 e. The molecule has 0 heterocycles. The number of carboxylic acids is 2. The summed E-state index contributed by atoms with van der Waals surface area (Å²) >= 11 is 0. The standard InChI is InChI=1S/C24H30O6/c1-22-5-4-14-17(23(22)6-8-24(22,30)9-7-23)3-2-13-10-18(25)15(11-19(26)27)16(21(13)14)12-20(28)29/h10,14,17,25,30H,2-9,11-12H2,1H3,(H,26,27)(H,28,29)/t14-,17+,22-,23-,24+/m0/s1. The highest BCUT2D eigenvalue weighted by Gasteiger charge is 2.73. The highest BCUT2D eigenvalue weighted by atomic mass is 16.4. The first-order chi connectivity index (χ1) is 14.1. The van der Waals surface area contributed by atoms with E-state index in [2.05, 4.69) is 6.92 Å². The summed E-state index contributed by atoms with van der Waals surface area (Å²) in [5, 5.41) is 40.8. The molecule has 0 aliphatic heterocycles. The van der Waals surface area contributed by atoms with Crippen molar-refractivity contribution in [3.05, 3.63) is 28.3 Å². The van der Waals surface area contributed by atoms with Crippen molar-refractivity contribution >= 4 is 11.9 Å². The van der Waals surface area contributed by atoms with Crippen LogP contribution in [0.5, 0.6) is 5.75 Å². The Balaban J connectivity index is 1.66. The molecule has 3 atom stereocenters. The zero-order valence-electron chi connectivity index (χ0n) is 17.4. The first-order valence-electron chi connectivity index (χ1n) is 11.1. The quantitative estimate of drug-likeness (QED) is 0.600. The van der Waals surface area contributed by atoms with Crippen LogP contribution in [-0.2, 0) is 28.9 Å². The van der Waals surface area contributed by atoms with Gasteiger partial charge in [-0.15, -0.1) is 0 Å². The number of phenolic OH excluding ortho intramolecular Hbond substituents is 1. The van der Waals surface area contributed by atoms with Crippen molar-refractivity contribution in [1.29, 1.82) is 0 Å². The summed E-state index contributed by atoms with van der Waals surface area (Å²) in [5.74, 6) is -1.64. The second-order valence-corrected chi connectivity index (χ2v) is 10.4. The lowest BCUT2D eigenvalue weighted by atomic mass is 9.47. The fourth-order valence-electron chi connectivity index (χ4n) is 8.31. The molecule has 0 amide bonds. The molecule has 2 bridgehead atoms. The van der Waals surface area contributed by atoms with Crippen molar-refractivity contribution < 1.29 is 30.0 Å². The van der Waals surface area contributed by atoms with Crippen LogP contribution < -0.4 is 0 Å². The van der Waals surface area contributed by atoms with Gasteiger partial charge in [0.2, 0.25) is 0 Å². The molecule has 0 aromatic heterocycles. The molecule has 0 saturated heterocycles. The van der Waals surface area contributed by atoms with Crippen LogP contribution >= 0.6 is 0 Å². The monoisotopic (exact) mass is 414 g/mol. The molecule has 6 nitrogen and oxygen atoms in total. The molecule has 162 valence electrons. The minimum atomic E-state index is -1.07. The highest BCUT2D eigenvalue weighted by Crippen LogP contribution is 2.77. The molecular formula is C24H30O6. The summed E-state index contributed by atoms with van der Waals surface area (Å²) in [6, 6.07) is 1.68. The molecule has 4 N–H and O–H groups in total. The number of fused-ring (bicyclic) bond motifs is 3. The molecule has 4 aliphatic carbocycles. The number of aromatic hydroxyl groups is 1. The molecule has 5 rings (SSSR count). The van der Waals surface area contributed by atoms with E-state index in [4.69, 9.17) is 0 Å². The van der Waals surface area contributed by atoms with E-state index in [1.165, 1.54) is 0 Å². The third-order valence-corrected chi connectivity index (χ3v) is 9.65. The Morgan fingerprint density at radius 3 is 2.27 bits per heavy atom. The van der Waals surface area contributed by atoms with Crippen LogP contribution in [0.25, 0.3) is 0 Å². The number of hydrogen-bond donors (Lipinski definition) is 4. The number of carboxylic acid groups (broad SMARTS) is 2. The lowest BCUT2D eigenvalue weighted by Gasteiger charge is -2.57. The van der Waals surface area contributed by atoms with Gasteiger partial charge in [0, 0.05) is 11.0 Å². The smallest absolute Gasteiger partial charge is 0.307 e. The molecule has 1 aromatic rings. The van der Waals surface area contributed by atoms with Crippen molar-refractivity contribution in [3.63, 3.8) is 0 Å². The van der Waals surface area contributed by atoms with Crippen molar-refractivity contribution in [3.8, 4) is 5.75 Å². The average molecular weight is 414 g/mol. The second-order valence-electron chi connectivity index (χ2n) is 10.4. The Morgan fingerprint density at radius 1 is 1.00 bits per heavy atom. The van der Waals surface area contributed by atoms with Gasteiger partial charge in [0.05, 0.1) is 18.4 Å². The third kappa shape index (κ3) is 2.34. The number of rotatable bonds is 4. The molecule has 6 heteroatoms. The number of benzene rings is 1. The molecule has 0 radical (unpaired) electrons. The highest BCUT2D eigenvalue weighted by molar-refractivity contribution is 5.77. The van der Waals surface area contributed by atoms with Crippen LogP contribution in [0.4, 0.5) is 0 Å². The molecule has 1 aromatic carbocycles. The zero-order valence-corrected chi connectivity index (χ0v) is 17.4. The van der Waals surface area contributed by atoms with Gasteiger partial charge in [0.1, 0.15) is 5.75 Å². The SMILES string of the molecule is C[C@]12CC[C@@H]3c4c(cc(O)c(CC(=O)O)c4CC(=O)O)CC[C@H]3[C@]13CC[C@]2(O)CC3. The average Bonchev–Trinajstić information content (AvgIpc) is 3.04. The van der Waals surface area contributed by atoms with E-state index in [0.29, 0.717) is 11.5 Å². The van der Waals surface area contributed by atoms with Crippen molar-refractivity contribution in [2.75, 3.05) is 0 Å². The summed E-state index contributed by atoms with van der Waals surface area (Å²) in [7, 11) is 0. The normalized spacial score (nSPS) is 38.6. The van der Waals surface area contributed by atoms with E-state index in [1.807, 2.05) is 0 Å². The summed E-state index contributed by atoms with van der Waals surface area (Å²) in [6.07, 6.45) is 6.62. The number of phenols is 1. The predicted octanol–water partition coefficient (Wildman–Crippen LogP) is 3.40. The van der Waals surface area contributed by atoms with Gasteiger partial charge in [-0.1, -0.05) is 6.92 Å². The van der Waals surface area contributed by atoms with E-state index in [-0.39, 0.29) is 40.9 Å². The predicted molar refractivity (Wildman–Crippen MR) is 109 cm³/mol. The van der Waals surface area contributed by atoms with Gasteiger partial charge in [-0.3, -0.25) is 9.59 Å². The Labute approximate surface area is 175 Å².